The van der Waals surface area contributed by atoms with Crippen molar-refractivity contribution in [3.63, 3.8) is 0 Å². The third kappa shape index (κ3) is 4.57. The first kappa shape index (κ1) is 12.4. The van der Waals surface area contributed by atoms with Gasteiger partial charge in [0.1, 0.15) is 5.01 Å². The summed E-state index contributed by atoms with van der Waals surface area (Å²) in [6.45, 7) is 5.25. The number of hydrogen-bond donors (Lipinski definition) is 2. The molecule has 1 unspecified atom stereocenters. The van der Waals surface area contributed by atoms with Crippen molar-refractivity contribution in [2.45, 2.75) is 33.1 Å². The standard InChI is InChI=1S/C10H19N3OS/c1-3-4-9(5-6-14)7-11-10-13-12-8(2)15-10/h9,14H,3-7H2,1-2H3,(H,11,13). The van der Waals surface area contributed by atoms with E-state index in [-0.39, 0.29) is 6.61 Å². The molecule has 5 heteroatoms. The molecule has 1 aromatic heterocycles. The molecule has 0 bridgehead atoms. The van der Waals surface area contributed by atoms with Gasteiger partial charge in [0.25, 0.3) is 0 Å². The Morgan fingerprint density at radius 2 is 2.20 bits per heavy atom. The average molecular weight is 229 g/mol. The van der Waals surface area contributed by atoms with Crippen LogP contribution in [-0.4, -0.2) is 28.5 Å². The fourth-order valence-corrected chi connectivity index (χ4v) is 2.14. The summed E-state index contributed by atoms with van der Waals surface area (Å²) >= 11 is 1.57. The van der Waals surface area contributed by atoms with Gasteiger partial charge >= 0.3 is 0 Å². The Morgan fingerprint density at radius 3 is 2.73 bits per heavy atom. The maximum atomic E-state index is 8.91. The Morgan fingerprint density at radius 1 is 1.40 bits per heavy atom. The van der Waals surface area contributed by atoms with E-state index in [0.29, 0.717) is 5.92 Å². The monoisotopic (exact) mass is 229 g/mol. The number of nitrogens with one attached hydrogen (secondary N) is 1. The summed E-state index contributed by atoms with van der Waals surface area (Å²) in [5.74, 6) is 0.532. The third-order valence-corrected chi connectivity index (χ3v) is 3.10. The van der Waals surface area contributed by atoms with Gasteiger partial charge in [-0.25, -0.2) is 0 Å². The van der Waals surface area contributed by atoms with E-state index in [1.165, 1.54) is 0 Å². The molecule has 0 spiro atoms. The lowest BCUT2D eigenvalue weighted by Gasteiger charge is -2.14. The van der Waals surface area contributed by atoms with Crippen molar-refractivity contribution in [2.24, 2.45) is 5.92 Å². The number of hydrogen-bond acceptors (Lipinski definition) is 5. The summed E-state index contributed by atoms with van der Waals surface area (Å²) in [4.78, 5) is 0. The van der Waals surface area contributed by atoms with Crippen LogP contribution in [0.15, 0.2) is 0 Å². The Bertz CT molecular complexity index is 271. The maximum Gasteiger partial charge on any atom is 0.205 e. The molecule has 0 saturated heterocycles. The Balaban J connectivity index is 2.32. The van der Waals surface area contributed by atoms with Crippen LogP contribution >= 0.6 is 11.3 Å². The lowest BCUT2D eigenvalue weighted by atomic mass is 10.0. The lowest BCUT2D eigenvalue weighted by molar-refractivity contribution is 0.255. The predicted molar refractivity (Wildman–Crippen MR) is 63.2 cm³/mol. The van der Waals surface area contributed by atoms with E-state index >= 15 is 0 Å². The third-order valence-electron chi connectivity index (χ3n) is 2.30. The van der Waals surface area contributed by atoms with E-state index in [4.69, 9.17) is 5.11 Å². The van der Waals surface area contributed by atoms with Crippen molar-refractivity contribution in [3.05, 3.63) is 5.01 Å². The molecule has 0 fully saturated rings. The largest absolute Gasteiger partial charge is 0.396 e. The summed E-state index contributed by atoms with van der Waals surface area (Å²) in [5, 5.41) is 22.0. The van der Waals surface area contributed by atoms with Gasteiger partial charge in [0.05, 0.1) is 0 Å². The minimum atomic E-state index is 0.265. The first-order chi connectivity index (χ1) is 7.26. The second-order valence-corrected chi connectivity index (χ2v) is 4.86. The summed E-state index contributed by atoms with van der Waals surface area (Å²) in [5.41, 5.74) is 0. The number of anilines is 1. The van der Waals surface area contributed by atoms with E-state index < -0.39 is 0 Å². The Hall–Kier alpha value is -0.680. The van der Waals surface area contributed by atoms with Gasteiger partial charge in [-0.15, -0.1) is 10.2 Å². The van der Waals surface area contributed by atoms with E-state index in [0.717, 1.165) is 35.9 Å². The van der Waals surface area contributed by atoms with E-state index in [2.05, 4.69) is 22.4 Å². The van der Waals surface area contributed by atoms with E-state index in [9.17, 15) is 0 Å². The van der Waals surface area contributed by atoms with Gasteiger partial charge < -0.3 is 10.4 Å². The van der Waals surface area contributed by atoms with Crippen molar-refractivity contribution >= 4 is 16.5 Å². The van der Waals surface area contributed by atoms with Crippen LogP contribution in [0.25, 0.3) is 0 Å². The topological polar surface area (TPSA) is 58.0 Å². The van der Waals surface area contributed by atoms with Crippen molar-refractivity contribution in [2.75, 3.05) is 18.5 Å². The van der Waals surface area contributed by atoms with Crippen LogP contribution in [-0.2, 0) is 0 Å². The fourth-order valence-electron chi connectivity index (χ4n) is 1.54. The number of aliphatic hydroxyl groups is 1. The summed E-state index contributed by atoms with van der Waals surface area (Å²) < 4.78 is 0. The van der Waals surface area contributed by atoms with Gasteiger partial charge in [0.2, 0.25) is 5.13 Å². The zero-order valence-electron chi connectivity index (χ0n) is 9.36. The molecule has 0 aliphatic carbocycles. The summed E-state index contributed by atoms with van der Waals surface area (Å²) in [6, 6.07) is 0. The number of aromatic nitrogens is 2. The molecule has 1 rings (SSSR count). The van der Waals surface area contributed by atoms with Gasteiger partial charge in [-0.05, 0) is 25.7 Å². The van der Waals surface area contributed by atoms with Crippen LogP contribution in [0.4, 0.5) is 5.13 Å². The highest BCUT2D eigenvalue weighted by molar-refractivity contribution is 7.15. The molecule has 1 atom stereocenters. The molecule has 1 aromatic rings. The van der Waals surface area contributed by atoms with Crippen molar-refractivity contribution in [1.82, 2.24) is 10.2 Å². The van der Waals surface area contributed by atoms with Crippen LogP contribution in [0.1, 0.15) is 31.2 Å². The molecule has 0 aliphatic heterocycles. The minimum absolute atomic E-state index is 0.265. The quantitative estimate of drug-likeness (QED) is 0.751. The molecule has 15 heavy (non-hydrogen) atoms. The Labute approximate surface area is 94.7 Å². The highest BCUT2D eigenvalue weighted by Gasteiger charge is 2.08. The van der Waals surface area contributed by atoms with E-state index in [1.54, 1.807) is 11.3 Å². The molecule has 0 saturated carbocycles. The van der Waals surface area contributed by atoms with Gasteiger partial charge in [-0.3, -0.25) is 0 Å². The second-order valence-electron chi connectivity index (χ2n) is 3.67. The van der Waals surface area contributed by atoms with Crippen molar-refractivity contribution in [1.29, 1.82) is 0 Å². The van der Waals surface area contributed by atoms with Gasteiger partial charge in [0, 0.05) is 13.2 Å². The van der Waals surface area contributed by atoms with Crippen molar-refractivity contribution < 1.29 is 5.11 Å². The normalized spacial score (nSPS) is 12.7. The molecule has 0 aliphatic rings. The molecular weight excluding hydrogens is 210 g/mol. The maximum absolute atomic E-state index is 8.91. The molecule has 0 amide bonds. The second kappa shape index (κ2) is 6.74. The molecule has 1 heterocycles. The molecular formula is C10H19N3OS. The zero-order valence-corrected chi connectivity index (χ0v) is 10.2. The average Bonchev–Trinajstić information content (AvgIpc) is 2.61. The van der Waals surface area contributed by atoms with Crippen LogP contribution in [0.5, 0.6) is 0 Å². The van der Waals surface area contributed by atoms with Crippen LogP contribution < -0.4 is 5.32 Å². The van der Waals surface area contributed by atoms with E-state index in [1.807, 2.05) is 6.92 Å². The van der Waals surface area contributed by atoms with Gasteiger partial charge in [-0.1, -0.05) is 24.7 Å². The molecule has 0 aromatic carbocycles. The van der Waals surface area contributed by atoms with Crippen molar-refractivity contribution in [3.8, 4) is 0 Å². The molecule has 86 valence electrons. The smallest absolute Gasteiger partial charge is 0.205 e. The molecule has 0 radical (unpaired) electrons. The Kier molecular flexibility index (Phi) is 5.57. The van der Waals surface area contributed by atoms with Crippen LogP contribution in [0.3, 0.4) is 0 Å². The number of aliphatic hydroxyl groups excluding tert-OH is 1. The highest BCUT2D eigenvalue weighted by atomic mass is 32.1. The SMILES string of the molecule is CCCC(CCO)CNc1nnc(C)s1. The first-order valence-corrected chi connectivity index (χ1v) is 6.22. The first-order valence-electron chi connectivity index (χ1n) is 5.41. The lowest BCUT2D eigenvalue weighted by Crippen LogP contribution is -2.15. The summed E-state index contributed by atoms with van der Waals surface area (Å²) in [7, 11) is 0. The van der Waals surface area contributed by atoms with Crippen LogP contribution in [0.2, 0.25) is 0 Å². The number of nitrogens with zero attached hydrogens (tertiary/aromatic N) is 2. The fraction of sp³-hybridized carbons (Fsp3) is 0.800. The number of rotatable bonds is 7. The van der Waals surface area contributed by atoms with Gasteiger partial charge in [-0.2, -0.15) is 0 Å². The molecule has 2 N–H and O–H groups in total. The zero-order chi connectivity index (χ0) is 11.1. The minimum Gasteiger partial charge on any atom is -0.396 e. The number of aryl methyl sites for hydroxylation is 1. The molecule has 4 nitrogen and oxygen atoms in total. The van der Waals surface area contributed by atoms with Crippen LogP contribution in [0, 0.1) is 12.8 Å². The van der Waals surface area contributed by atoms with Gasteiger partial charge in [0.15, 0.2) is 0 Å². The highest BCUT2D eigenvalue weighted by Crippen LogP contribution is 2.16. The predicted octanol–water partition coefficient (Wildman–Crippen LogP) is 2.06. The summed E-state index contributed by atoms with van der Waals surface area (Å²) in [6.07, 6.45) is 3.16.